The Bertz CT molecular complexity index is 601. The molecule has 4 heteroatoms. The molecule has 0 saturated carbocycles. The number of thiazole rings is 1. The first kappa shape index (κ1) is 11.1. The molecule has 0 amide bonds. The highest BCUT2D eigenvalue weighted by molar-refractivity contribution is 7.16. The molecule has 0 radical (unpaired) electrons. The zero-order chi connectivity index (χ0) is 11.9. The Hall–Kier alpha value is -1.42. The Kier molecular flexibility index (Phi) is 2.46. The second kappa shape index (κ2) is 3.56. The molecule has 1 aromatic heterocycles. The van der Waals surface area contributed by atoms with Crippen LogP contribution in [0.2, 0.25) is 0 Å². The summed E-state index contributed by atoms with van der Waals surface area (Å²) in [6.45, 7) is 5.44. The summed E-state index contributed by atoms with van der Waals surface area (Å²) in [5, 5.41) is 0. The molecule has 0 aliphatic carbocycles. The van der Waals surface area contributed by atoms with Crippen molar-refractivity contribution in [3.05, 3.63) is 33.9 Å². The van der Waals surface area contributed by atoms with Crippen molar-refractivity contribution in [2.45, 2.75) is 20.8 Å². The first-order valence-electron chi connectivity index (χ1n) is 5.06. The fraction of sp³-hybridized carbons (Fsp3) is 0.333. The summed E-state index contributed by atoms with van der Waals surface area (Å²) in [4.78, 5) is 23.7. The number of rotatable bonds is 0. The van der Waals surface area contributed by atoms with Crippen molar-refractivity contribution in [3.8, 4) is 0 Å². The van der Waals surface area contributed by atoms with Crippen molar-refractivity contribution in [1.29, 1.82) is 0 Å². The van der Waals surface area contributed by atoms with Crippen LogP contribution < -0.4 is 4.87 Å². The Morgan fingerprint density at radius 1 is 1.25 bits per heavy atom. The zero-order valence-corrected chi connectivity index (χ0v) is 10.3. The molecule has 0 spiro atoms. The Balaban J connectivity index is 2.74. The first-order valence-corrected chi connectivity index (χ1v) is 5.88. The molecule has 0 bridgehead atoms. The second-order valence-corrected chi connectivity index (χ2v) is 5.72. The van der Waals surface area contributed by atoms with Gasteiger partial charge in [0.25, 0.3) is 0 Å². The third-order valence-electron chi connectivity index (χ3n) is 2.33. The normalized spacial score (nSPS) is 11.9. The van der Waals surface area contributed by atoms with Gasteiger partial charge in [-0.25, -0.2) is 4.57 Å². The summed E-state index contributed by atoms with van der Waals surface area (Å²) >= 11 is 1.11. The minimum atomic E-state index is -0.548. The molecular weight excluding hydrogens is 222 g/mol. The van der Waals surface area contributed by atoms with E-state index >= 15 is 0 Å². The van der Waals surface area contributed by atoms with Gasteiger partial charge in [0, 0.05) is 5.41 Å². The smallest absolute Gasteiger partial charge is 0.273 e. The van der Waals surface area contributed by atoms with Crippen molar-refractivity contribution in [2.75, 3.05) is 0 Å². The number of fused-ring (bicyclic) bond motifs is 1. The van der Waals surface area contributed by atoms with Gasteiger partial charge in [0.2, 0.25) is 5.91 Å². The minimum absolute atomic E-state index is 0.157. The fourth-order valence-electron chi connectivity index (χ4n) is 1.49. The Morgan fingerprint density at radius 2 is 1.88 bits per heavy atom. The van der Waals surface area contributed by atoms with E-state index in [1.165, 1.54) is 4.57 Å². The maximum absolute atomic E-state index is 12.1. The predicted octanol–water partition coefficient (Wildman–Crippen LogP) is 2.75. The van der Waals surface area contributed by atoms with Crippen molar-refractivity contribution >= 4 is 27.5 Å². The molecule has 0 unspecified atom stereocenters. The van der Waals surface area contributed by atoms with Crippen LogP contribution in [-0.2, 0) is 0 Å². The van der Waals surface area contributed by atoms with E-state index in [9.17, 15) is 9.59 Å². The molecule has 2 rings (SSSR count). The summed E-state index contributed by atoms with van der Waals surface area (Å²) in [6, 6.07) is 7.36. The van der Waals surface area contributed by atoms with Gasteiger partial charge in [-0.2, -0.15) is 0 Å². The topological polar surface area (TPSA) is 39.1 Å². The van der Waals surface area contributed by atoms with E-state index in [2.05, 4.69) is 0 Å². The van der Waals surface area contributed by atoms with Crippen LogP contribution in [0.1, 0.15) is 25.6 Å². The number of nitrogens with zero attached hydrogens (tertiary/aromatic N) is 1. The summed E-state index contributed by atoms with van der Waals surface area (Å²) in [5.74, 6) is -0.157. The lowest BCUT2D eigenvalue weighted by atomic mass is 9.95. The predicted molar refractivity (Wildman–Crippen MR) is 66.2 cm³/mol. The molecule has 1 heterocycles. The molecular formula is C12H13NO2S. The van der Waals surface area contributed by atoms with Crippen molar-refractivity contribution in [1.82, 2.24) is 4.57 Å². The summed E-state index contributed by atoms with van der Waals surface area (Å²) in [5.41, 5.74) is 0.158. The van der Waals surface area contributed by atoms with Gasteiger partial charge < -0.3 is 0 Å². The van der Waals surface area contributed by atoms with Gasteiger partial charge in [-0.3, -0.25) is 9.59 Å². The van der Waals surface area contributed by atoms with Crippen LogP contribution in [0.5, 0.6) is 0 Å². The number of carbonyl (C=O) groups is 1. The average Bonchev–Trinajstić information content (AvgIpc) is 2.51. The average molecular weight is 235 g/mol. The van der Waals surface area contributed by atoms with Gasteiger partial charge in [-0.05, 0) is 12.1 Å². The van der Waals surface area contributed by atoms with E-state index in [1.807, 2.05) is 39.0 Å². The SMILES string of the molecule is CC(C)(C)C(=O)n1c(=O)sc2ccccc21. The van der Waals surface area contributed by atoms with Crippen LogP contribution in [0.4, 0.5) is 0 Å². The third-order valence-corrected chi connectivity index (χ3v) is 3.25. The summed E-state index contributed by atoms with van der Waals surface area (Å²) in [7, 11) is 0. The number of carbonyl (C=O) groups excluding carboxylic acids is 1. The number of hydrogen-bond donors (Lipinski definition) is 0. The van der Waals surface area contributed by atoms with E-state index in [0.29, 0.717) is 5.52 Å². The standard InChI is InChI=1S/C12H13NO2S/c1-12(2,3)10(14)13-8-6-4-5-7-9(8)16-11(13)15/h4-7H,1-3H3. The van der Waals surface area contributed by atoms with Gasteiger partial charge in [-0.1, -0.05) is 44.2 Å². The van der Waals surface area contributed by atoms with Crippen molar-refractivity contribution in [3.63, 3.8) is 0 Å². The largest absolute Gasteiger partial charge is 0.314 e. The molecule has 3 nitrogen and oxygen atoms in total. The van der Waals surface area contributed by atoms with Gasteiger partial charge in [0.15, 0.2) is 0 Å². The lowest BCUT2D eigenvalue weighted by molar-refractivity contribution is 0.0770. The number of benzene rings is 1. The highest BCUT2D eigenvalue weighted by Gasteiger charge is 2.26. The van der Waals surface area contributed by atoms with Crippen LogP contribution in [-0.4, -0.2) is 10.5 Å². The second-order valence-electron chi connectivity index (χ2n) is 4.73. The van der Waals surface area contributed by atoms with E-state index in [-0.39, 0.29) is 10.8 Å². The lowest BCUT2D eigenvalue weighted by Crippen LogP contribution is -2.32. The van der Waals surface area contributed by atoms with Crippen LogP contribution in [0, 0.1) is 5.41 Å². The van der Waals surface area contributed by atoms with E-state index in [4.69, 9.17) is 0 Å². The molecule has 0 aliphatic rings. The van der Waals surface area contributed by atoms with Crippen molar-refractivity contribution in [2.24, 2.45) is 5.41 Å². The maximum atomic E-state index is 12.1. The molecule has 0 saturated heterocycles. The number of aromatic nitrogens is 1. The quantitative estimate of drug-likeness (QED) is 0.704. The highest BCUT2D eigenvalue weighted by Crippen LogP contribution is 2.22. The van der Waals surface area contributed by atoms with Crippen molar-refractivity contribution < 1.29 is 4.79 Å². The molecule has 84 valence electrons. The van der Waals surface area contributed by atoms with Crippen LogP contribution in [0.25, 0.3) is 10.2 Å². The Morgan fingerprint density at radius 3 is 2.50 bits per heavy atom. The summed E-state index contributed by atoms with van der Waals surface area (Å²) in [6.07, 6.45) is 0. The van der Waals surface area contributed by atoms with Crippen LogP contribution >= 0.6 is 11.3 Å². The van der Waals surface area contributed by atoms with Gasteiger partial charge in [0.05, 0.1) is 10.2 Å². The fourth-order valence-corrected chi connectivity index (χ4v) is 2.37. The van der Waals surface area contributed by atoms with Gasteiger partial charge in [0.1, 0.15) is 0 Å². The van der Waals surface area contributed by atoms with E-state index in [1.54, 1.807) is 6.07 Å². The highest BCUT2D eigenvalue weighted by atomic mass is 32.1. The van der Waals surface area contributed by atoms with E-state index < -0.39 is 5.41 Å². The molecule has 16 heavy (non-hydrogen) atoms. The zero-order valence-electron chi connectivity index (χ0n) is 9.48. The lowest BCUT2D eigenvalue weighted by Gasteiger charge is -2.16. The molecule has 0 aliphatic heterocycles. The first-order chi connectivity index (χ1) is 7.41. The van der Waals surface area contributed by atoms with Crippen LogP contribution in [0.15, 0.2) is 29.1 Å². The van der Waals surface area contributed by atoms with E-state index in [0.717, 1.165) is 16.0 Å². The molecule has 2 aromatic rings. The van der Waals surface area contributed by atoms with Gasteiger partial charge >= 0.3 is 4.87 Å². The number of hydrogen-bond acceptors (Lipinski definition) is 3. The van der Waals surface area contributed by atoms with Gasteiger partial charge in [-0.15, -0.1) is 0 Å². The molecule has 0 fully saturated rings. The Labute approximate surface area is 97.3 Å². The molecule has 1 aromatic carbocycles. The monoisotopic (exact) mass is 235 g/mol. The molecule has 0 atom stereocenters. The van der Waals surface area contributed by atoms with Crippen LogP contribution in [0.3, 0.4) is 0 Å². The molecule has 0 N–H and O–H groups in total. The third kappa shape index (κ3) is 1.69. The minimum Gasteiger partial charge on any atom is -0.273 e. The summed E-state index contributed by atoms with van der Waals surface area (Å²) < 4.78 is 2.13. The maximum Gasteiger partial charge on any atom is 0.314 e. The number of para-hydroxylation sites is 1.